The van der Waals surface area contributed by atoms with Crippen molar-refractivity contribution in [3.63, 3.8) is 0 Å². The molecule has 1 fully saturated rings. The van der Waals surface area contributed by atoms with E-state index in [9.17, 15) is 0 Å². The molecule has 1 N–H and O–H groups in total. The number of nitrogens with zero attached hydrogens (tertiary/aromatic N) is 2. The molecule has 5 nitrogen and oxygen atoms in total. The summed E-state index contributed by atoms with van der Waals surface area (Å²) >= 11 is 0. The Morgan fingerprint density at radius 2 is 1.77 bits per heavy atom. The second kappa shape index (κ2) is 8.58. The molecule has 1 saturated carbocycles. The van der Waals surface area contributed by atoms with Gasteiger partial charge in [0.15, 0.2) is 0 Å². The van der Waals surface area contributed by atoms with Crippen LogP contribution in [0.3, 0.4) is 0 Å². The minimum atomic E-state index is 0.0159. The summed E-state index contributed by atoms with van der Waals surface area (Å²) in [6.45, 7) is 2.30. The van der Waals surface area contributed by atoms with Crippen molar-refractivity contribution in [2.75, 3.05) is 14.2 Å². The molecular formula is C21H31N3O2. The van der Waals surface area contributed by atoms with Gasteiger partial charge in [0.05, 0.1) is 20.3 Å². The van der Waals surface area contributed by atoms with Crippen LogP contribution in [0.25, 0.3) is 0 Å². The van der Waals surface area contributed by atoms with Gasteiger partial charge < -0.3 is 19.4 Å². The Kier molecular flexibility index (Phi) is 6.20. The lowest BCUT2D eigenvalue weighted by atomic mass is 9.84. The average Bonchev–Trinajstić information content (AvgIpc) is 3.11. The number of methoxy groups -OCH3 is 2. The number of hydrogen-bond acceptors (Lipinski definition) is 4. The van der Waals surface area contributed by atoms with E-state index in [-0.39, 0.29) is 6.04 Å². The van der Waals surface area contributed by atoms with Gasteiger partial charge in [-0.3, -0.25) is 0 Å². The lowest BCUT2D eigenvalue weighted by molar-refractivity contribution is 0.274. The Morgan fingerprint density at radius 1 is 1.12 bits per heavy atom. The van der Waals surface area contributed by atoms with Crippen LogP contribution < -0.4 is 14.8 Å². The maximum atomic E-state index is 5.48. The molecule has 1 atom stereocenters. The molecule has 0 spiro atoms. The zero-order valence-electron chi connectivity index (χ0n) is 16.4. The number of aryl methyl sites for hydroxylation is 1. The number of nitrogens with one attached hydrogen (secondary N) is 1. The van der Waals surface area contributed by atoms with Crippen LogP contribution in [0.5, 0.6) is 11.5 Å². The van der Waals surface area contributed by atoms with Crippen molar-refractivity contribution in [2.45, 2.75) is 51.1 Å². The van der Waals surface area contributed by atoms with Gasteiger partial charge in [0.25, 0.3) is 0 Å². The van der Waals surface area contributed by atoms with Crippen LogP contribution in [0.15, 0.2) is 30.6 Å². The maximum absolute atomic E-state index is 5.48. The molecule has 0 aliphatic heterocycles. The molecule has 2 aromatic rings. The average molecular weight is 357 g/mol. The third kappa shape index (κ3) is 4.21. The monoisotopic (exact) mass is 357 g/mol. The molecule has 0 radical (unpaired) electrons. The summed E-state index contributed by atoms with van der Waals surface area (Å²) in [4.78, 5) is 4.62. The van der Waals surface area contributed by atoms with Crippen molar-refractivity contribution in [3.8, 4) is 11.5 Å². The van der Waals surface area contributed by atoms with Gasteiger partial charge in [0.1, 0.15) is 17.3 Å². The molecule has 1 unspecified atom stereocenters. The van der Waals surface area contributed by atoms with E-state index in [1.807, 2.05) is 25.5 Å². The molecule has 1 heterocycles. The first-order chi connectivity index (χ1) is 12.6. The van der Waals surface area contributed by atoms with Gasteiger partial charge >= 0.3 is 0 Å². The van der Waals surface area contributed by atoms with Gasteiger partial charge in [0.2, 0.25) is 0 Å². The van der Waals surface area contributed by atoms with E-state index in [1.165, 1.54) is 32.1 Å². The Labute approximate surface area is 156 Å². The zero-order valence-corrected chi connectivity index (χ0v) is 16.4. The van der Waals surface area contributed by atoms with Gasteiger partial charge in [-0.2, -0.15) is 0 Å². The first-order valence-electron chi connectivity index (χ1n) is 9.60. The lowest BCUT2D eigenvalue weighted by Crippen LogP contribution is -2.37. The van der Waals surface area contributed by atoms with Crippen molar-refractivity contribution in [1.82, 2.24) is 14.9 Å². The molecule has 1 aliphatic rings. The molecule has 1 aromatic carbocycles. The van der Waals surface area contributed by atoms with Gasteiger partial charge in [-0.25, -0.2) is 4.98 Å². The predicted octanol–water partition coefficient (Wildman–Crippen LogP) is 4.09. The number of rotatable bonds is 7. The zero-order chi connectivity index (χ0) is 18.5. The number of ether oxygens (including phenoxy) is 2. The van der Waals surface area contributed by atoms with Crippen molar-refractivity contribution in [3.05, 3.63) is 42.0 Å². The number of aromatic nitrogens is 2. The summed E-state index contributed by atoms with van der Waals surface area (Å²) in [5.41, 5.74) is 1.12. The third-order valence-electron chi connectivity index (χ3n) is 5.65. The maximum Gasteiger partial charge on any atom is 0.130 e. The van der Waals surface area contributed by atoms with Crippen molar-refractivity contribution in [1.29, 1.82) is 0 Å². The molecule has 142 valence electrons. The molecule has 3 rings (SSSR count). The lowest BCUT2D eigenvalue weighted by Gasteiger charge is -2.32. The van der Waals surface area contributed by atoms with E-state index >= 15 is 0 Å². The van der Waals surface area contributed by atoms with Gasteiger partial charge in [0, 0.05) is 31.5 Å². The minimum Gasteiger partial charge on any atom is -0.497 e. The Hall–Kier alpha value is -2.01. The van der Waals surface area contributed by atoms with Crippen LogP contribution >= 0.6 is 0 Å². The Bertz CT molecular complexity index is 683. The topological polar surface area (TPSA) is 48.3 Å². The number of benzene rings is 1. The standard InChI is InChI=1S/C21H31N3O2/c1-5-15-6-8-17(9-7-15)23-20(21-22-10-11-24(21)2)16-12-18(25-3)14-19(13-16)26-4/h10-15,17,20,23H,5-9H2,1-4H3. The molecular weight excluding hydrogens is 326 g/mol. The summed E-state index contributed by atoms with van der Waals surface area (Å²) in [6, 6.07) is 6.59. The summed E-state index contributed by atoms with van der Waals surface area (Å²) in [7, 11) is 5.42. The summed E-state index contributed by atoms with van der Waals surface area (Å²) in [5, 5.41) is 3.87. The highest BCUT2D eigenvalue weighted by Gasteiger charge is 2.26. The van der Waals surface area contributed by atoms with Crippen molar-refractivity contribution in [2.24, 2.45) is 13.0 Å². The van der Waals surface area contributed by atoms with Crippen molar-refractivity contribution >= 4 is 0 Å². The van der Waals surface area contributed by atoms with Crippen LogP contribution in [-0.4, -0.2) is 29.8 Å². The second-order valence-corrected chi connectivity index (χ2v) is 7.27. The van der Waals surface area contributed by atoms with Crippen LogP contribution in [0.2, 0.25) is 0 Å². The quantitative estimate of drug-likeness (QED) is 0.811. The van der Waals surface area contributed by atoms with Crippen LogP contribution in [0.4, 0.5) is 0 Å². The SMILES string of the molecule is CCC1CCC(NC(c2cc(OC)cc(OC)c2)c2nccn2C)CC1. The molecule has 0 saturated heterocycles. The van der Waals surface area contributed by atoms with E-state index in [1.54, 1.807) is 14.2 Å². The summed E-state index contributed by atoms with van der Waals surface area (Å²) in [5.74, 6) is 3.50. The van der Waals surface area contributed by atoms with E-state index < -0.39 is 0 Å². The molecule has 26 heavy (non-hydrogen) atoms. The highest BCUT2D eigenvalue weighted by Crippen LogP contribution is 2.32. The summed E-state index contributed by atoms with van der Waals surface area (Å²) < 4.78 is 13.0. The predicted molar refractivity (Wildman–Crippen MR) is 104 cm³/mol. The smallest absolute Gasteiger partial charge is 0.130 e. The summed E-state index contributed by atoms with van der Waals surface area (Å²) in [6.07, 6.45) is 10.2. The van der Waals surface area contributed by atoms with Gasteiger partial charge in [-0.05, 0) is 49.3 Å². The van der Waals surface area contributed by atoms with E-state index in [0.717, 1.165) is 28.8 Å². The van der Waals surface area contributed by atoms with Gasteiger partial charge in [-0.1, -0.05) is 13.3 Å². The molecule has 1 aromatic heterocycles. The molecule has 0 bridgehead atoms. The normalized spacial score (nSPS) is 21.4. The first-order valence-corrected chi connectivity index (χ1v) is 9.60. The minimum absolute atomic E-state index is 0.0159. The highest BCUT2D eigenvalue weighted by atomic mass is 16.5. The fourth-order valence-electron chi connectivity index (χ4n) is 3.94. The van der Waals surface area contributed by atoms with E-state index in [2.05, 4.69) is 33.9 Å². The van der Waals surface area contributed by atoms with E-state index in [0.29, 0.717) is 6.04 Å². The number of hydrogen-bond donors (Lipinski definition) is 1. The fourth-order valence-corrected chi connectivity index (χ4v) is 3.94. The van der Waals surface area contributed by atoms with Crippen molar-refractivity contribution < 1.29 is 9.47 Å². The fraction of sp³-hybridized carbons (Fsp3) is 0.571. The van der Waals surface area contributed by atoms with Gasteiger partial charge in [-0.15, -0.1) is 0 Å². The Morgan fingerprint density at radius 3 is 2.27 bits per heavy atom. The largest absolute Gasteiger partial charge is 0.497 e. The first kappa shape index (κ1) is 18.8. The second-order valence-electron chi connectivity index (χ2n) is 7.27. The van der Waals surface area contributed by atoms with Crippen LogP contribution in [0.1, 0.15) is 56.5 Å². The van der Waals surface area contributed by atoms with E-state index in [4.69, 9.17) is 9.47 Å². The van der Waals surface area contributed by atoms with Crippen LogP contribution in [0, 0.1) is 5.92 Å². The Balaban J connectivity index is 1.89. The number of imidazole rings is 1. The third-order valence-corrected chi connectivity index (χ3v) is 5.65. The van der Waals surface area contributed by atoms with Crippen LogP contribution in [-0.2, 0) is 7.05 Å². The highest BCUT2D eigenvalue weighted by molar-refractivity contribution is 5.41. The molecule has 5 heteroatoms. The molecule has 0 amide bonds. The molecule has 1 aliphatic carbocycles.